The number of non-ortho nitro benzene ring substituents is 1. The molecule has 0 atom stereocenters. The van der Waals surface area contributed by atoms with E-state index >= 15 is 0 Å². The van der Waals surface area contributed by atoms with Crippen molar-refractivity contribution in [2.24, 2.45) is 0 Å². The number of carbonyl (C=O) groups excluding carboxylic acids is 2. The van der Waals surface area contributed by atoms with Crippen LogP contribution in [0.4, 0.5) is 14.5 Å². The average Bonchev–Trinajstić information content (AvgIpc) is 2.54. The number of Topliss-reactive ketones (excluding diaryl/α,β-unsaturated/α-hetero) is 1. The molecule has 0 N–H and O–H groups in total. The van der Waals surface area contributed by atoms with Gasteiger partial charge >= 0.3 is 5.97 Å². The Morgan fingerprint density at radius 2 is 1.78 bits per heavy atom. The molecule has 6 nitrogen and oxygen atoms in total. The summed E-state index contributed by atoms with van der Waals surface area (Å²) in [7, 11) is 0. The number of nitrogens with zero attached hydrogens (tertiary/aromatic N) is 1. The van der Waals surface area contributed by atoms with Crippen molar-refractivity contribution in [3.05, 3.63) is 75.3 Å². The fourth-order valence-corrected chi connectivity index (χ4v) is 1.71. The zero-order valence-corrected chi connectivity index (χ0v) is 11.5. The number of hydrogen-bond acceptors (Lipinski definition) is 5. The average molecular weight is 321 g/mol. The van der Waals surface area contributed by atoms with Crippen LogP contribution in [0.15, 0.2) is 42.5 Å². The molecule has 2 rings (SSSR count). The Morgan fingerprint density at radius 3 is 2.43 bits per heavy atom. The van der Waals surface area contributed by atoms with E-state index in [0.29, 0.717) is 6.07 Å². The molecule has 2 aromatic rings. The van der Waals surface area contributed by atoms with Crippen molar-refractivity contribution in [1.29, 1.82) is 0 Å². The number of ether oxygens (including phenoxy) is 1. The smallest absolute Gasteiger partial charge is 0.338 e. The molecule has 8 heteroatoms. The quantitative estimate of drug-likeness (QED) is 0.366. The Kier molecular flexibility index (Phi) is 4.75. The molecule has 118 valence electrons. The number of halogens is 2. The predicted octanol–water partition coefficient (Wildman–Crippen LogP) is 2.91. The van der Waals surface area contributed by atoms with Crippen LogP contribution in [0.25, 0.3) is 0 Å². The molecule has 0 aliphatic rings. The first kappa shape index (κ1) is 16.2. The normalized spacial score (nSPS) is 10.2. The first-order valence-corrected chi connectivity index (χ1v) is 6.28. The molecule has 0 spiro atoms. The van der Waals surface area contributed by atoms with Crippen LogP contribution in [0.1, 0.15) is 20.7 Å². The fourth-order valence-electron chi connectivity index (χ4n) is 1.71. The van der Waals surface area contributed by atoms with Crippen LogP contribution in [0.2, 0.25) is 0 Å². The molecular weight excluding hydrogens is 312 g/mol. The highest BCUT2D eigenvalue weighted by Gasteiger charge is 2.16. The molecule has 0 saturated heterocycles. The van der Waals surface area contributed by atoms with Crippen LogP contribution < -0.4 is 0 Å². The molecule has 0 heterocycles. The van der Waals surface area contributed by atoms with Gasteiger partial charge in [0.1, 0.15) is 0 Å². The zero-order valence-electron chi connectivity index (χ0n) is 11.5. The molecule has 0 bridgehead atoms. The summed E-state index contributed by atoms with van der Waals surface area (Å²) in [5.41, 5.74) is -0.556. The highest BCUT2D eigenvalue weighted by atomic mass is 19.2. The van der Waals surface area contributed by atoms with Gasteiger partial charge in [0, 0.05) is 17.7 Å². The van der Waals surface area contributed by atoms with Crippen molar-refractivity contribution < 1.29 is 28.0 Å². The second-order valence-electron chi connectivity index (χ2n) is 4.44. The molecule has 0 amide bonds. The summed E-state index contributed by atoms with van der Waals surface area (Å²) in [6.07, 6.45) is 0. The molecule has 0 fully saturated rings. The van der Waals surface area contributed by atoms with Gasteiger partial charge in [0.25, 0.3) is 5.69 Å². The Labute approximate surface area is 128 Å². The first-order chi connectivity index (χ1) is 10.9. The summed E-state index contributed by atoms with van der Waals surface area (Å²) in [5.74, 6) is -3.97. The van der Waals surface area contributed by atoms with Crippen molar-refractivity contribution >= 4 is 17.4 Å². The molecule has 0 aromatic heterocycles. The minimum Gasteiger partial charge on any atom is -0.454 e. The second kappa shape index (κ2) is 6.73. The van der Waals surface area contributed by atoms with E-state index < -0.39 is 34.9 Å². The predicted molar refractivity (Wildman–Crippen MR) is 74.1 cm³/mol. The lowest BCUT2D eigenvalue weighted by Gasteiger charge is -2.05. The standard InChI is InChI=1S/C15H9F2NO5/c16-12-5-4-9(7-13(12)17)14(19)8-23-15(20)10-2-1-3-11(6-10)18(21)22/h1-7H,8H2. The maximum Gasteiger partial charge on any atom is 0.338 e. The van der Waals surface area contributed by atoms with Crippen LogP contribution in [0, 0.1) is 21.7 Å². The van der Waals surface area contributed by atoms with Crippen molar-refractivity contribution in [3.8, 4) is 0 Å². The van der Waals surface area contributed by atoms with Crippen LogP contribution in [-0.2, 0) is 4.74 Å². The van der Waals surface area contributed by atoms with E-state index in [1.807, 2.05) is 0 Å². The third-order valence-corrected chi connectivity index (χ3v) is 2.87. The summed E-state index contributed by atoms with van der Waals surface area (Å²) in [6, 6.07) is 7.32. The maximum absolute atomic E-state index is 13.0. The van der Waals surface area contributed by atoms with Gasteiger partial charge in [-0.2, -0.15) is 0 Å². The Morgan fingerprint density at radius 1 is 1.04 bits per heavy atom. The van der Waals surface area contributed by atoms with Gasteiger partial charge in [-0.3, -0.25) is 14.9 Å². The number of rotatable bonds is 5. The summed E-state index contributed by atoms with van der Waals surface area (Å²) >= 11 is 0. The molecule has 0 unspecified atom stereocenters. The van der Waals surface area contributed by atoms with E-state index in [0.717, 1.165) is 18.2 Å². The number of hydrogen-bond donors (Lipinski definition) is 0. The number of nitro groups is 1. The third kappa shape index (κ3) is 3.94. The van der Waals surface area contributed by atoms with Gasteiger partial charge in [-0.05, 0) is 24.3 Å². The maximum atomic E-state index is 13.0. The first-order valence-electron chi connectivity index (χ1n) is 6.28. The van der Waals surface area contributed by atoms with Gasteiger partial charge in [-0.25, -0.2) is 13.6 Å². The third-order valence-electron chi connectivity index (χ3n) is 2.87. The molecule has 0 radical (unpaired) electrons. The molecule has 23 heavy (non-hydrogen) atoms. The van der Waals surface area contributed by atoms with E-state index in [9.17, 15) is 28.5 Å². The fraction of sp³-hybridized carbons (Fsp3) is 0.0667. The van der Waals surface area contributed by atoms with E-state index in [2.05, 4.69) is 0 Å². The summed E-state index contributed by atoms with van der Waals surface area (Å²) in [6.45, 7) is -0.702. The highest BCUT2D eigenvalue weighted by Crippen LogP contribution is 2.14. The molecular formula is C15H9F2NO5. The Hall–Kier alpha value is -3.16. The van der Waals surface area contributed by atoms with Crippen molar-refractivity contribution in [2.75, 3.05) is 6.61 Å². The SMILES string of the molecule is O=C(COC(=O)c1cccc([N+](=O)[O-])c1)c1ccc(F)c(F)c1. The minimum absolute atomic E-state index is 0.0997. The monoisotopic (exact) mass is 321 g/mol. The topological polar surface area (TPSA) is 86.5 Å². The summed E-state index contributed by atoms with van der Waals surface area (Å²) in [4.78, 5) is 33.4. The Balaban J connectivity index is 2.03. The molecule has 0 aliphatic heterocycles. The lowest BCUT2D eigenvalue weighted by Crippen LogP contribution is -2.14. The lowest BCUT2D eigenvalue weighted by atomic mass is 10.1. The van der Waals surface area contributed by atoms with Gasteiger partial charge in [0.15, 0.2) is 24.0 Å². The van der Waals surface area contributed by atoms with Crippen molar-refractivity contribution in [2.45, 2.75) is 0 Å². The van der Waals surface area contributed by atoms with Gasteiger partial charge in [-0.1, -0.05) is 6.07 Å². The molecule has 0 aliphatic carbocycles. The van der Waals surface area contributed by atoms with Crippen LogP contribution >= 0.6 is 0 Å². The van der Waals surface area contributed by atoms with E-state index in [1.165, 1.54) is 18.2 Å². The van der Waals surface area contributed by atoms with Gasteiger partial charge in [-0.15, -0.1) is 0 Å². The highest BCUT2D eigenvalue weighted by molar-refractivity contribution is 5.99. The lowest BCUT2D eigenvalue weighted by molar-refractivity contribution is -0.384. The van der Waals surface area contributed by atoms with Gasteiger partial charge in [0.05, 0.1) is 10.5 Å². The van der Waals surface area contributed by atoms with Gasteiger partial charge in [0.2, 0.25) is 0 Å². The number of esters is 1. The van der Waals surface area contributed by atoms with E-state index in [-0.39, 0.29) is 16.8 Å². The van der Waals surface area contributed by atoms with Crippen molar-refractivity contribution in [3.63, 3.8) is 0 Å². The number of benzene rings is 2. The largest absolute Gasteiger partial charge is 0.454 e. The molecule has 0 saturated carbocycles. The number of nitro benzene ring substituents is 1. The Bertz CT molecular complexity index is 791. The summed E-state index contributed by atoms with van der Waals surface area (Å²) < 4.78 is 30.5. The van der Waals surface area contributed by atoms with Gasteiger partial charge < -0.3 is 4.74 Å². The summed E-state index contributed by atoms with van der Waals surface area (Å²) in [5, 5.41) is 10.6. The zero-order chi connectivity index (χ0) is 17.0. The van der Waals surface area contributed by atoms with E-state index in [1.54, 1.807) is 0 Å². The van der Waals surface area contributed by atoms with Crippen LogP contribution in [-0.4, -0.2) is 23.3 Å². The number of ketones is 1. The van der Waals surface area contributed by atoms with E-state index in [4.69, 9.17) is 4.74 Å². The van der Waals surface area contributed by atoms with Crippen molar-refractivity contribution in [1.82, 2.24) is 0 Å². The van der Waals surface area contributed by atoms with Crippen LogP contribution in [0.5, 0.6) is 0 Å². The second-order valence-corrected chi connectivity index (χ2v) is 4.44. The van der Waals surface area contributed by atoms with Crippen LogP contribution in [0.3, 0.4) is 0 Å². The molecule has 2 aromatic carbocycles. The number of carbonyl (C=O) groups is 2. The minimum atomic E-state index is -1.19.